The third-order valence-corrected chi connectivity index (χ3v) is 12.9. The number of Topliss-reactive ketones (excluding diaryl/α,β-unsaturated/α-hetero) is 1. The molecule has 1 amide bonds. The first-order valence-corrected chi connectivity index (χ1v) is 20.3. The van der Waals surface area contributed by atoms with E-state index < -0.39 is 119 Å². The van der Waals surface area contributed by atoms with E-state index in [1.807, 2.05) is 0 Å². The Morgan fingerprint density at radius 3 is 2.10 bits per heavy atom. The summed E-state index contributed by atoms with van der Waals surface area (Å²) < 4.78 is 40.3. The number of hydrogen-bond acceptors (Lipinski definition) is 16. The first kappa shape index (κ1) is 46.2. The first-order chi connectivity index (χ1) is 28.9. The van der Waals surface area contributed by atoms with Crippen molar-refractivity contribution in [2.45, 2.75) is 128 Å². The van der Waals surface area contributed by atoms with Gasteiger partial charge in [0, 0.05) is 25.2 Å². The van der Waals surface area contributed by atoms with Crippen LogP contribution in [-0.2, 0) is 47.5 Å². The molecule has 2 saturated carbocycles. The molecule has 11 atom stereocenters. The van der Waals surface area contributed by atoms with Gasteiger partial charge in [0.25, 0.3) is 0 Å². The minimum Gasteiger partial charge on any atom is -0.456 e. The number of benzene rings is 2. The number of aliphatic hydroxyl groups excluding tert-OH is 2. The second-order valence-electron chi connectivity index (χ2n) is 18.1. The highest BCUT2D eigenvalue weighted by molar-refractivity contribution is 5.95. The van der Waals surface area contributed by atoms with Crippen LogP contribution in [-0.4, -0.2) is 118 Å². The number of fused-ring (bicyclic) bond motifs is 5. The van der Waals surface area contributed by atoms with E-state index in [0.29, 0.717) is 5.56 Å². The van der Waals surface area contributed by atoms with Crippen molar-refractivity contribution in [3.8, 4) is 0 Å². The molecule has 1 heterocycles. The predicted molar refractivity (Wildman–Crippen MR) is 215 cm³/mol. The van der Waals surface area contributed by atoms with Gasteiger partial charge in [0.1, 0.15) is 29.5 Å². The molecule has 6 rings (SSSR count). The third kappa shape index (κ3) is 7.95. The standard InChI is InChI=1S/C45H55NO16/c1-23-27(58-38(52)32(49)31(25-16-12-10-13-17-25)46-39(53)62-41(3,4)5)21-45(55)36(60-37(51)26-18-14-11-15-19-26)34-43(8,28(48)20-29-44(34,22-57-29)61-24(2)47)35(50)33(59-40(54)56-9)30(23)42(45,6)7/h10-19,27-29,31-34,36,48-49,55H,20-22H2,1-9H3,(H,46,53)/t27-,28-,29+,31-,32+,33+,34?,36?,43+,44-,45+/m0/s1. The summed E-state index contributed by atoms with van der Waals surface area (Å²) in [4.78, 5) is 83.1. The molecule has 1 saturated heterocycles. The molecule has 17 nitrogen and oxygen atoms in total. The highest BCUT2D eigenvalue weighted by Crippen LogP contribution is 2.64. The third-order valence-electron chi connectivity index (χ3n) is 12.9. The van der Waals surface area contributed by atoms with Crippen LogP contribution in [0.5, 0.6) is 0 Å². The summed E-state index contributed by atoms with van der Waals surface area (Å²) in [6.45, 7) is 11.6. The van der Waals surface area contributed by atoms with Gasteiger partial charge in [0.05, 0.1) is 42.8 Å². The van der Waals surface area contributed by atoms with Crippen molar-refractivity contribution in [1.29, 1.82) is 0 Å². The molecule has 0 aromatic heterocycles. The van der Waals surface area contributed by atoms with E-state index in [0.717, 1.165) is 14.0 Å². The van der Waals surface area contributed by atoms with E-state index in [-0.39, 0.29) is 29.7 Å². The lowest BCUT2D eigenvalue weighted by Gasteiger charge is -2.67. The zero-order valence-corrected chi connectivity index (χ0v) is 36.2. The summed E-state index contributed by atoms with van der Waals surface area (Å²) in [6, 6.07) is 14.4. The smallest absolute Gasteiger partial charge is 0.456 e. The monoisotopic (exact) mass is 865 g/mol. The van der Waals surface area contributed by atoms with Crippen molar-refractivity contribution in [1.82, 2.24) is 5.32 Å². The molecule has 2 aromatic rings. The van der Waals surface area contributed by atoms with E-state index in [2.05, 4.69) is 5.32 Å². The Bertz CT molecular complexity index is 2120. The fourth-order valence-electron chi connectivity index (χ4n) is 9.78. The van der Waals surface area contributed by atoms with Gasteiger partial charge in [-0.2, -0.15) is 0 Å². The molecule has 17 heteroatoms. The summed E-state index contributed by atoms with van der Waals surface area (Å²) in [5, 5.41) is 40.0. The lowest BCUT2D eigenvalue weighted by molar-refractivity contribution is -0.346. The van der Waals surface area contributed by atoms with E-state index in [4.69, 9.17) is 33.2 Å². The van der Waals surface area contributed by atoms with Crippen LogP contribution in [0, 0.1) is 16.7 Å². The van der Waals surface area contributed by atoms with E-state index in [1.54, 1.807) is 69.3 Å². The van der Waals surface area contributed by atoms with Gasteiger partial charge in [-0.25, -0.2) is 19.2 Å². The molecular weight excluding hydrogens is 810 g/mol. The van der Waals surface area contributed by atoms with Gasteiger partial charge in [-0.3, -0.25) is 9.59 Å². The van der Waals surface area contributed by atoms with Gasteiger partial charge in [-0.1, -0.05) is 62.4 Å². The highest BCUT2D eigenvalue weighted by Gasteiger charge is 2.78. The van der Waals surface area contributed by atoms with Crippen LogP contribution in [0.3, 0.4) is 0 Å². The Balaban J connectivity index is 1.55. The van der Waals surface area contributed by atoms with Gasteiger partial charge < -0.3 is 53.8 Å². The molecule has 2 aromatic carbocycles. The number of aliphatic hydroxyl groups is 3. The Labute approximate surface area is 359 Å². The molecule has 0 radical (unpaired) electrons. The van der Waals surface area contributed by atoms with Crippen molar-refractivity contribution in [2.24, 2.45) is 16.7 Å². The maximum Gasteiger partial charge on any atom is 0.509 e. The lowest BCUT2D eigenvalue weighted by atomic mass is 9.44. The molecule has 2 bridgehead atoms. The van der Waals surface area contributed by atoms with Crippen molar-refractivity contribution < 1.29 is 77.2 Å². The van der Waals surface area contributed by atoms with Gasteiger partial charge >= 0.3 is 30.2 Å². The number of esters is 3. The fraction of sp³-hybridized carbons (Fsp3) is 0.556. The maximum absolute atomic E-state index is 15.5. The van der Waals surface area contributed by atoms with Crippen LogP contribution in [0.2, 0.25) is 0 Å². The van der Waals surface area contributed by atoms with Crippen LogP contribution >= 0.6 is 0 Å². The van der Waals surface area contributed by atoms with Gasteiger partial charge in [-0.05, 0) is 63.5 Å². The zero-order chi connectivity index (χ0) is 45.7. The number of alkyl carbamates (subject to hydrolysis) is 1. The van der Waals surface area contributed by atoms with E-state index in [9.17, 15) is 39.3 Å². The topological polar surface area (TPSA) is 240 Å². The number of carbonyl (C=O) groups excluding carboxylic acids is 6. The van der Waals surface area contributed by atoms with E-state index in [1.165, 1.54) is 39.8 Å². The maximum atomic E-state index is 15.5. The van der Waals surface area contributed by atoms with Crippen molar-refractivity contribution in [3.63, 3.8) is 0 Å². The predicted octanol–water partition coefficient (Wildman–Crippen LogP) is 4.05. The van der Waals surface area contributed by atoms with Crippen LogP contribution in [0.25, 0.3) is 0 Å². The summed E-state index contributed by atoms with van der Waals surface area (Å²) in [5.41, 5.74) is -8.64. The minimum absolute atomic E-state index is 0.0495. The summed E-state index contributed by atoms with van der Waals surface area (Å²) in [6.07, 6.45) is -13.2. The first-order valence-electron chi connectivity index (χ1n) is 20.3. The quantitative estimate of drug-likeness (QED) is 0.158. The molecular formula is C45H55NO16. The van der Waals surface area contributed by atoms with Gasteiger partial charge in [0.15, 0.2) is 23.6 Å². The second-order valence-corrected chi connectivity index (χ2v) is 18.1. The van der Waals surface area contributed by atoms with Crippen LogP contribution in [0.15, 0.2) is 71.8 Å². The molecule has 62 heavy (non-hydrogen) atoms. The summed E-state index contributed by atoms with van der Waals surface area (Å²) >= 11 is 0. The van der Waals surface area contributed by atoms with Crippen molar-refractivity contribution in [2.75, 3.05) is 13.7 Å². The number of hydrogen-bond donors (Lipinski definition) is 4. The fourth-order valence-corrected chi connectivity index (χ4v) is 9.78. The molecule has 4 aliphatic rings. The molecule has 0 spiro atoms. The molecule has 1 aliphatic heterocycles. The number of nitrogens with one attached hydrogen (secondary N) is 1. The van der Waals surface area contributed by atoms with Crippen molar-refractivity contribution >= 4 is 35.9 Å². The van der Waals surface area contributed by atoms with Crippen LogP contribution in [0.1, 0.15) is 90.2 Å². The highest BCUT2D eigenvalue weighted by atomic mass is 16.7. The Morgan fingerprint density at radius 1 is 0.935 bits per heavy atom. The van der Waals surface area contributed by atoms with Crippen molar-refractivity contribution in [3.05, 3.63) is 82.9 Å². The van der Waals surface area contributed by atoms with Crippen LogP contribution < -0.4 is 5.32 Å². The molecule has 2 unspecified atom stereocenters. The lowest BCUT2D eigenvalue weighted by Crippen LogP contribution is -2.82. The summed E-state index contributed by atoms with van der Waals surface area (Å²) in [5.74, 6) is -5.57. The van der Waals surface area contributed by atoms with Crippen LogP contribution in [0.4, 0.5) is 9.59 Å². The normalized spacial score (nSPS) is 32.1. The Morgan fingerprint density at radius 2 is 1.55 bits per heavy atom. The average molecular weight is 866 g/mol. The average Bonchev–Trinajstić information content (AvgIpc) is 3.20. The Hall–Kier alpha value is -5.36. The second kappa shape index (κ2) is 16.7. The number of rotatable bonds is 9. The Kier molecular flexibility index (Phi) is 12.5. The SMILES string of the molecule is COC(=O)O[C@H]1C(=O)[C@@]2(C)C(C(OC(=O)c3ccccc3)[C@]3(O)C[C@H](OC(=O)[C@H](O)[C@@H](NC(=O)OC(C)(C)C)c4ccccc4)C(C)=C1C3(C)C)[C@]1(OC(C)=O)CO[C@@H]1C[C@@H]2O. The number of methoxy groups -OCH3 is 1. The number of amides is 1. The number of carbonyl (C=O) groups is 6. The molecule has 336 valence electrons. The molecule has 4 N–H and O–H groups in total. The van der Waals surface area contributed by atoms with E-state index >= 15 is 4.79 Å². The van der Waals surface area contributed by atoms with Gasteiger partial charge in [0.2, 0.25) is 0 Å². The largest absolute Gasteiger partial charge is 0.509 e. The number of ether oxygens (including phenoxy) is 7. The zero-order valence-electron chi connectivity index (χ0n) is 36.2. The number of ketones is 1. The molecule has 3 fully saturated rings. The molecule has 3 aliphatic carbocycles. The van der Waals surface area contributed by atoms with Gasteiger partial charge in [-0.15, -0.1) is 0 Å². The summed E-state index contributed by atoms with van der Waals surface area (Å²) in [7, 11) is 1.02. The minimum atomic E-state index is -2.44.